The van der Waals surface area contributed by atoms with Crippen LogP contribution in [-0.2, 0) is 9.59 Å². The Labute approximate surface area is 195 Å². The van der Waals surface area contributed by atoms with Crippen molar-refractivity contribution < 1.29 is 19.5 Å². The number of benzene rings is 2. The van der Waals surface area contributed by atoms with Crippen molar-refractivity contribution in [2.45, 2.75) is 19.9 Å². The molecule has 0 radical (unpaired) electrons. The second-order valence-corrected chi connectivity index (χ2v) is 9.20. The third kappa shape index (κ3) is 5.42. The van der Waals surface area contributed by atoms with E-state index in [-0.39, 0.29) is 30.2 Å². The van der Waals surface area contributed by atoms with E-state index in [1.807, 2.05) is 68.1 Å². The van der Waals surface area contributed by atoms with Gasteiger partial charge in [-0.05, 0) is 45.1 Å². The summed E-state index contributed by atoms with van der Waals surface area (Å²) in [5.74, 6) is 0.861. The van der Waals surface area contributed by atoms with Crippen molar-refractivity contribution in [3.05, 3.63) is 70.8 Å². The minimum absolute atomic E-state index is 0.00144. The lowest BCUT2D eigenvalue weighted by Crippen LogP contribution is -2.40. The van der Waals surface area contributed by atoms with Crippen LogP contribution in [0.5, 0.6) is 0 Å². The van der Waals surface area contributed by atoms with E-state index in [1.54, 1.807) is 0 Å². The molecular formula is C26H33N3O4. The van der Waals surface area contributed by atoms with Gasteiger partial charge in [0, 0.05) is 37.0 Å². The highest BCUT2D eigenvalue weighted by molar-refractivity contribution is 5.96. The minimum Gasteiger partial charge on any atom is -0.483 e. The molecule has 2 aromatic rings. The van der Waals surface area contributed by atoms with E-state index in [4.69, 9.17) is 9.90 Å². The fraction of sp³-hybridized carbons (Fsp3) is 0.423. The number of likely N-dealkylation sites (tertiary alicyclic amines) is 2. The van der Waals surface area contributed by atoms with Crippen molar-refractivity contribution in [2.24, 2.45) is 11.8 Å². The van der Waals surface area contributed by atoms with Gasteiger partial charge >= 0.3 is 0 Å². The summed E-state index contributed by atoms with van der Waals surface area (Å²) in [5.41, 5.74) is 4.12. The molecule has 0 saturated carbocycles. The summed E-state index contributed by atoms with van der Waals surface area (Å²) in [4.78, 5) is 40.6. The second-order valence-electron chi connectivity index (χ2n) is 9.20. The summed E-state index contributed by atoms with van der Waals surface area (Å²) in [6, 6.07) is 16.3. The van der Waals surface area contributed by atoms with Crippen molar-refractivity contribution in [3.8, 4) is 0 Å². The minimum atomic E-state index is -0.250. The summed E-state index contributed by atoms with van der Waals surface area (Å²) >= 11 is 0. The highest BCUT2D eigenvalue weighted by atomic mass is 16.3. The Balaban J connectivity index is 0.000000968. The first-order valence-electron chi connectivity index (χ1n) is 11.2. The lowest BCUT2D eigenvalue weighted by atomic mass is 9.89. The predicted octanol–water partition coefficient (Wildman–Crippen LogP) is 2.84. The van der Waals surface area contributed by atoms with Gasteiger partial charge in [-0.1, -0.05) is 48.0 Å². The molecule has 0 bridgehead atoms. The topological polar surface area (TPSA) is 81.2 Å². The molecule has 2 heterocycles. The normalized spacial score (nSPS) is 21.4. The number of carbonyl (C=O) groups excluding carboxylic acids is 2. The maximum Gasteiger partial charge on any atom is 0.290 e. The van der Waals surface area contributed by atoms with E-state index in [2.05, 4.69) is 23.1 Å². The molecule has 0 unspecified atom stereocenters. The number of carboxylic acid groups (broad SMARTS) is 1. The van der Waals surface area contributed by atoms with Crippen molar-refractivity contribution in [1.82, 2.24) is 14.7 Å². The van der Waals surface area contributed by atoms with Crippen LogP contribution in [-0.4, -0.2) is 78.4 Å². The number of nitrogens with zero attached hydrogens (tertiary/aromatic N) is 3. The van der Waals surface area contributed by atoms with Crippen LogP contribution >= 0.6 is 0 Å². The Morgan fingerprint density at radius 2 is 1.73 bits per heavy atom. The molecular weight excluding hydrogens is 418 g/mol. The zero-order valence-electron chi connectivity index (χ0n) is 19.8. The second kappa shape index (κ2) is 10.6. The van der Waals surface area contributed by atoms with Gasteiger partial charge in [0.05, 0.1) is 12.6 Å². The zero-order chi connectivity index (χ0) is 24.1. The molecule has 0 aliphatic carbocycles. The number of carbonyl (C=O) groups is 3. The van der Waals surface area contributed by atoms with Crippen LogP contribution < -0.4 is 0 Å². The van der Waals surface area contributed by atoms with Gasteiger partial charge < -0.3 is 19.8 Å². The summed E-state index contributed by atoms with van der Waals surface area (Å²) < 4.78 is 0. The van der Waals surface area contributed by atoms with E-state index >= 15 is 0 Å². The van der Waals surface area contributed by atoms with E-state index in [1.165, 1.54) is 0 Å². The predicted molar refractivity (Wildman–Crippen MR) is 127 cm³/mol. The number of hydrogen-bond acceptors (Lipinski definition) is 4. The van der Waals surface area contributed by atoms with E-state index in [0.717, 1.165) is 28.8 Å². The maximum atomic E-state index is 13.6. The van der Waals surface area contributed by atoms with Gasteiger partial charge in [-0.3, -0.25) is 14.4 Å². The Bertz CT molecular complexity index is 992. The molecule has 3 atom stereocenters. The number of aryl methyl sites for hydroxylation is 2. The van der Waals surface area contributed by atoms with Crippen molar-refractivity contribution in [3.63, 3.8) is 0 Å². The Morgan fingerprint density at radius 3 is 2.33 bits per heavy atom. The molecule has 2 aromatic carbocycles. The van der Waals surface area contributed by atoms with E-state index in [0.29, 0.717) is 25.6 Å². The Kier molecular flexibility index (Phi) is 7.87. The van der Waals surface area contributed by atoms with Crippen molar-refractivity contribution >= 4 is 18.3 Å². The van der Waals surface area contributed by atoms with Gasteiger partial charge in [-0.2, -0.15) is 0 Å². The fourth-order valence-corrected chi connectivity index (χ4v) is 5.11. The van der Waals surface area contributed by atoms with Crippen LogP contribution in [0.1, 0.15) is 33.1 Å². The molecule has 33 heavy (non-hydrogen) atoms. The van der Waals surface area contributed by atoms with Crippen LogP contribution in [0.4, 0.5) is 0 Å². The number of hydrogen-bond donors (Lipinski definition) is 1. The first kappa shape index (κ1) is 24.5. The molecule has 176 valence electrons. The summed E-state index contributed by atoms with van der Waals surface area (Å²) in [5, 5.41) is 6.89. The van der Waals surface area contributed by atoms with Gasteiger partial charge in [-0.25, -0.2) is 0 Å². The molecule has 7 heteroatoms. The molecule has 2 amide bonds. The summed E-state index contributed by atoms with van der Waals surface area (Å²) in [7, 11) is 3.85. The quantitative estimate of drug-likeness (QED) is 0.723. The summed E-state index contributed by atoms with van der Waals surface area (Å²) in [6.07, 6.45) is 0. The molecule has 0 spiro atoms. The van der Waals surface area contributed by atoms with Crippen LogP contribution in [0.15, 0.2) is 48.5 Å². The number of rotatable bonds is 4. The standard InChI is InChI=1S/C25H31N3O2.CH2O2/c1-17-10-11-21(18(2)12-17)25(30)28-14-20-13-27(23(29)16-26(3)4)15-22(20)24(28)19-8-6-5-7-9-19;2-1-3/h5-12,20,22,24H,13-16H2,1-4H3;1H,(H,2,3)/t20-,22-,24+;/m0./s1. The third-order valence-electron chi connectivity index (χ3n) is 6.48. The SMILES string of the molecule is Cc1ccc(C(=O)N2C[C@@H]3CN(C(=O)CN(C)C)C[C@@H]3[C@H]2c2ccccc2)c(C)c1.O=CO. The van der Waals surface area contributed by atoms with Gasteiger partial charge in [0.1, 0.15) is 0 Å². The first-order chi connectivity index (χ1) is 15.8. The van der Waals surface area contributed by atoms with Crippen LogP contribution in [0.3, 0.4) is 0 Å². The molecule has 2 fully saturated rings. The molecule has 2 aliphatic rings. The van der Waals surface area contributed by atoms with Crippen LogP contribution in [0.2, 0.25) is 0 Å². The highest BCUT2D eigenvalue weighted by Gasteiger charge is 2.50. The lowest BCUT2D eigenvalue weighted by molar-refractivity contribution is -0.131. The van der Waals surface area contributed by atoms with Gasteiger partial charge in [0.2, 0.25) is 5.91 Å². The van der Waals surface area contributed by atoms with Crippen LogP contribution in [0, 0.1) is 25.7 Å². The molecule has 4 rings (SSSR count). The van der Waals surface area contributed by atoms with Gasteiger partial charge in [-0.15, -0.1) is 0 Å². The van der Waals surface area contributed by atoms with E-state index in [9.17, 15) is 9.59 Å². The number of amides is 2. The first-order valence-corrected chi connectivity index (χ1v) is 11.2. The van der Waals surface area contributed by atoms with Crippen molar-refractivity contribution in [1.29, 1.82) is 0 Å². The monoisotopic (exact) mass is 451 g/mol. The van der Waals surface area contributed by atoms with Gasteiger partial charge in [0.15, 0.2) is 0 Å². The molecule has 2 aliphatic heterocycles. The van der Waals surface area contributed by atoms with Crippen LogP contribution in [0.25, 0.3) is 0 Å². The molecule has 0 aromatic heterocycles. The molecule has 2 saturated heterocycles. The number of fused-ring (bicyclic) bond motifs is 1. The largest absolute Gasteiger partial charge is 0.483 e. The fourth-order valence-electron chi connectivity index (χ4n) is 5.11. The lowest BCUT2D eigenvalue weighted by Gasteiger charge is -2.30. The molecule has 1 N–H and O–H groups in total. The van der Waals surface area contributed by atoms with Crippen molar-refractivity contribution in [2.75, 3.05) is 40.3 Å². The maximum absolute atomic E-state index is 13.6. The number of likely N-dealkylation sites (N-methyl/N-ethyl adjacent to an activating group) is 1. The smallest absolute Gasteiger partial charge is 0.290 e. The van der Waals surface area contributed by atoms with Gasteiger partial charge in [0.25, 0.3) is 12.4 Å². The average Bonchev–Trinajstić information content (AvgIpc) is 3.32. The average molecular weight is 452 g/mol. The highest BCUT2D eigenvalue weighted by Crippen LogP contribution is 2.45. The summed E-state index contributed by atoms with van der Waals surface area (Å²) in [6.45, 7) is 6.39. The zero-order valence-corrected chi connectivity index (χ0v) is 19.8. The Hall–Kier alpha value is -3.19. The Morgan fingerprint density at radius 1 is 1.06 bits per heavy atom. The third-order valence-corrected chi connectivity index (χ3v) is 6.48. The molecule has 7 nitrogen and oxygen atoms in total. The van der Waals surface area contributed by atoms with E-state index < -0.39 is 0 Å².